The lowest BCUT2D eigenvalue weighted by atomic mass is 9.87. The van der Waals surface area contributed by atoms with E-state index in [4.69, 9.17) is 10.00 Å². The second-order valence-corrected chi connectivity index (χ2v) is 7.02. The van der Waals surface area contributed by atoms with E-state index in [-0.39, 0.29) is 6.10 Å². The molecule has 2 rings (SSSR count). The van der Waals surface area contributed by atoms with Crippen LogP contribution in [0.4, 0.5) is 5.69 Å². The zero-order valence-corrected chi connectivity index (χ0v) is 15.7. The molecule has 6 heteroatoms. The Balaban J connectivity index is 2.42. The highest BCUT2D eigenvalue weighted by Gasteiger charge is 2.20. The number of benzene rings is 1. The van der Waals surface area contributed by atoms with E-state index in [0.29, 0.717) is 11.1 Å². The first kappa shape index (κ1) is 18.6. The smallest absolute Gasteiger partial charge is 0.183 e. The molecule has 1 aliphatic rings. The molecule has 0 radical (unpaired) electrons. The van der Waals surface area contributed by atoms with Crippen LogP contribution in [0.1, 0.15) is 43.7 Å². The molecule has 0 bridgehead atoms. The monoisotopic (exact) mass is 346 g/mol. The number of amidine groups is 1. The molecule has 1 fully saturated rings. The summed E-state index contributed by atoms with van der Waals surface area (Å²) < 4.78 is 6.01. The lowest BCUT2D eigenvalue weighted by Crippen LogP contribution is -2.27. The van der Waals surface area contributed by atoms with E-state index in [1.807, 2.05) is 26.3 Å². The number of hydrogen-bond acceptors (Lipinski definition) is 5. The number of ether oxygens (including phenoxy) is 1. The van der Waals surface area contributed by atoms with Gasteiger partial charge in [0.2, 0.25) is 0 Å². The van der Waals surface area contributed by atoms with Crippen molar-refractivity contribution in [3.63, 3.8) is 0 Å². The normalized spacial score (nSPS) is 16.1. The van der Waals surface area contributed by atoms with Gasteiger partial charge in [-0.05, 0) is 82.1 Å². The molecule has 130 valence electrons. The molecule has 0 saturated carbocycles. The highest BCUT2D eigenvalue weighted by Crippen LogP contribution is 2.37. The summed E-state index contributed by atoms with van der Waals surface area (Å²) in [6, 6.07) is 4.22. The largest absolute Gasteiger partial charge is 0.489 e. The fourth-order valence-corrected chi connectivity index (χ4v) is 3.32. The Morgan fingerprint density at radius 1 is 1.42 bits per heavy atom. The van der Waals surface area contributed by atoms with Crippen molar-refractivity contribution in [2.75, 3.05) is 19.3 Å². The second-order valence-electron chi connectivity index (χ2n) is 6.23. The highest BCUT2D eigenvalue weighted by atomic mass is 32.2. The molecule has 2 N–H and O–H groups in total. The summed E-state index contributed by atoms with van der Waals surface area (Å²) in [4.78, 5) is 4.58. The zero-order chi connectivity index (χ0) is 17.5. The number of piperidine rings is 1. The van der Waals surface area contributed by atoms with Crippen molar-refractivity contribution in [2.45, 2.75) is 45.6 Å². The number of aliphatic imine (C=N–C) groups is 1. The van der Waals surface area contributed by atoms with Gasteiger partial charge in [-0.2, -0.15) is 5.26 Å². The van der Waals surface area contributed by atoms with Crippen LogP contribution in [-0.2, 0) is 0 Å². The van der Waals surface area contributed by atoms with Gasteiger partial charge < -0.3 is 10.1 Å². The molecule has 0 spiro atoms. The van der Waals surface area contributed by atoms with Gasteiger partial charge in [-0.25, -0.2) is 4.99 Å². The third-order valence-electron chi connectivity index (χ3n) is 4.07. The SMILES string of the molecule is CSC(=Nc1cc(C)c(C2CCNCC2)cc1OC(C)C)NC#N. The van der Waals surface area contributed by atoms with Gasteiger partial charge in [-0.3, -0.25) is 5.32 Å². The van der Waals surface area contributed by atoms with Crippen molar-refractivity contribution >= 4 is 22.6 Å². The standard InChI is InChI=1S/C18H26N4OS/c1-12(2)23-17-10-15(14-5-7-20-8-6-14)13(3)9-16(17)22-18(24-4)21-11-19/h9-10,12,14,20H,5-8H2,1-4H3,(H,21,22). The van der Waals surface area contributed by atoms with Gasteiger partial charge in [0.05, 0.1) is 6.10 Å². The lowest BCUT2D eigenvalue weighted by molar-refractivity contribution is 0.243. The van der Waals surface area contributed by atoms with Crippen LogP contribution in [-0.4, -0.2) is 30.6 Å². The summed E-state index contributed by atoms with van der Waals surface area (Å²) >= 11 is 1.41. The van der Waals surface area contributed by atoms with Crippen LogP contribution < -0.4 is 15.4 Å². The topological polar surface area (TPSA) is 69.4 Å². The molecule has 0 unspecified atom stereocenters. The number of thioether (sulfide) groups is 1. The molecule has 0 atom stereocenters. The van der Waals surface area contributed by atoms with E-state index in [9.17, 15) is 0 Å². The number of rotatable bonds is 4. The molecule has 0 aliphatic carbocycles. The van der Waals surface area contributed by atoms with Gasteiger partial charge in [0.25, 0.3) is 0 Å². The Morgan fingerprint density at radius 3 is 2.71 bits per heavy atom. The Labute approximate surface area is 148 Å². The van der Waals surface area contributed by atoms with Crippen LogP contribution in [0.3, 0.4) is 0 Å². The molecule has 1 aromatic rings. The lowest BCUT2D eigenvalue weighted by Gasteiger charge is -2.26. The molecular formula is C18H26N4OS. The van der Waals surface area contributed by atoms with E-state index in [1.165, 1.54) is 22.9 Å². The maximum atomic E-state index is 8.84. The van der Waals surface area contributed by atoms with Crippen LogP contribution >= 0.6 is 11.8 Å². The van der Waals surface area contributed by atoms with Crippen molar-refractivity contribution in [1.29, 1.82) is 5.26 Å². The molecule has 1 heterocycles. The first-order valence-corrected chi connectivity index (χ1v) is 9.57. The molecule has 1 aromatic carbocycles. The van der Waals surface area contributed by atoms with Crippen LogP contribution in [0.2, 0.25) is 0 Å². The van der Waals surface area contributed by atoms with Crippen LogP contribution in [0.5, 0.6) is 5.75 Å². The van der Waals surface area contributed by atoms with Crippen molar-refractivity contribution in [3.05, 3.63) is 23.3 Å². The highest BCUT2D eigenvalue weighted by molar-refractivity contribution is 8.13. The predicted molar refractivity (Wildman–Crippen MR) is 101 cm³/mol. The zero-order valence-electron chi connectivity index (χ0n) is 14.8. The van der Waals surface area contributed by atoms with E-state index in [2.05, 4.69) is 34.7 Å². The fraction of sp³-hybridized carbons (Fsp3) is 0.556. The quantitative estimate of drug-likeness (QED) is 0.377. The van der Waals surface area contributed by atoms with Crippen LogP contribution in [0.15, 0.2) is 17.1 Å². The summed E-state index contributed by atoms with van der Waals surface area (Å²) in [5.41, 5.74) is 3.35. The van der Waals surface area contributed by atoms with Gasteiger partial charge in [0.1, 0.15) is 11.4 Å². The number of nitriles is 1. The first-order chi connectivity index (χ1) is 11.5. The third-order valence-corrected chi connectivity index (χ3v) is 4.65. The van der Waals surface area contributed by atoms with Gasteiger partial charge in [0.15, 0.2) is 11.4 Å². The molecule has 5 nitrogen and oxygen atoms in total. The van der Waals surface area contributed by atoms with Gasteiger partial charge >= 0.3 is 0 Å². The van der Waals surface area contributed by atoms with Gasteiger partial charge in [-0.1, -0.05) is 11.8 Å². The van der Waals surface area contributed by atoms with Crippen LogP contribution in [0.25, 0.3) is 0 Å². The van der Waals surface area contributed by atoms with Crippen molar-refractivity contribution < 1.29 is 4.74 Å². The van der Waals surface area contributed by atoms with Crippen LogP contribution in [0, 0.1) is 18.4 Å². The van der Waals surface area contributed by atoms with Gasteiger partial charge in [0, 0.05) is 0 Å². The summed E-state index contributed by atoms with van der Waals surface area (Å²) in [5, 5.41) is 15.4. The molecular weight excluding hydrogens is 320 g/mol. The third kappa shape index (κ3) is 4.89. The summed E-state index contributed by atoms with van der Waals surface area (Å²) in [5.74, 6) is 1.35. The molecule has 0 aromatic heterocycles. The van der Waals surface area contributed by atoms with Crippen molar-refractivity contribution in [3.8, 4) is 11.9 Å². The van der Waals surface area contributed by atoms with E-state index in [0.717, 1.165) is 37.4 Å². The maximum Gasteiger partial charge on any atom is 0.183 e. The molecule has 0 amide bonds. The Morgan fingerprint density at radius 2 is 2.12 bits per heavy atom. The minimum atomic E-state index is 0.0733. The summed E-state index contributed by atoms with van der Waals surface area (Å²) in [6.07, 6.45) is 6.19. The minimum Gasteiger partial charge on any atom is -0.489 e. The van der Waals surface area contributed by atoms with E-state index in [1.54, 1.807) is 0 Å². The summed E-state index contributed by atoms with van der Waals surface area (Å²) in [7, 11) is 0. The number of nitrogens with one attached hydrogen (secondary N) is 2. The first-order valence-electron chi connectivity index (χ1n) is 8.34. The van der Waals surface area contributed by atoms with Crippen molar-refractivity contribution in [1.82, 2.24) is 10.6 Å². The number of aryl methyl sites for hydroxylation is 1. The van der Waals surface area contributed by atoms with Gasteiger partial charge in [-0.15, -0.1) is 0 Å². The minimum absolute atomic E-state index is 0.0733. The Hall–Kier alpha value is -1.71. The summed E-state index contributed by atoms with van der Waals surface area (Å²) in [6.45, 7) is 8.29. The molecule has 1 saturated heterocycles. The van der Waals surface area contributed by atoms with E-state index >= 15 is 0 Å². The van der Waals surface area contributed by atoms with E-state index < -0.39 is 0 Å². The second kappa shape index (κ2) is 8.95. The average Bonchev–Trinajstić information content (AvgIpc) is 2.57. The Kier molecular flexibility index (Phi) is 6.95. The molecule has 24 heavy (non-hydrogen) atoms. The Bertz CT molecular complexity index is 631. The predicted octanol–water partition coefficient (Wildman–Crippen LogP) is 3.67. The van der Waals surface area contributed by atoms with Crippen molar-refractivity contribution in [2.24, 2.45) is 4.99 Å². The molecule has 1 aliphatic heterocycles. The number of hydrogen-bond donors (Lipinski definition) is 2. The average molecular weight is 347 g/mol. The maximum absolute atomic E-state index is 8.84. The fourth-order valence-electron chi connectivity index (χ4n) is 2.98. The number of nitrogens with zero attached hydrogens (tertiary/aromatic N) is 2.